The van der Waals surface area contributed by atoms with Crippen molar-refractivity contribution in [2.75, 3.05) is 7.11 Å². The number of ether oxygens (including phenoxy) is 1. The molecule has 2 rings (SSSR count). The first kappa shape index (κ1) is 13.5. The third-order valence-electron chi connectivity index (χ3n) is 3.68. The molecule has 0 bridgehead atoms. The summed E-state index contributed by atoms with van der Waals surface area (Å²) in [6.45, 7) is 2.15. The van der Waals surface area contributed by atoms with Crippen molar-refractivity contribution in [2.24, 2.45) is 0 Å². The maximum absolute atomic E-state index is 13.1. The highest BCUT2D eigenvalue weighted by molar-refractivity contribution is 5.17. The van der Waals surface area contributed by atoms with Crippen LogP contribution in [0.2, 0.25) is 0 Å². The summed E-state index contributed by atoms with van der Waals surface area (Å²) >= 11 is 0. The van der Waals surface area contributed by atoms with Gasteiger partial charge in [0.1, 0.15) is 5.82 Å². The van der Waals surface area contributed by atoms with Crippen molar-refractivity contribution in [2.45, 2.75) is 50.8 Å². The molecule has 0 aliphatic heterocycles. The van der Waals surface area contributed by atoms with E-state index >= 15 is 0 Å². The van der Waals surface area contributed by atoms with E-state index in [1.165, 1.54) is 18.9 Å². The van der Waals surface area contributed by atoms with E-state index in [0.717, 1.165) is 18.4 Å². The van der Waals surface area contributed by atoms with Gasteiger partial charge in [0.15, 0.2) is 0 Å². The van der Waals surface area contributed by atoms with Crippen molar-refractivity contribution in [3.8, 4) is 0 Å². The smallest absolute Gasteiger partial charge is 0.123 e. The third kappa shape index (κ3) is 3.53. The maximum atomic E-state index is 13.1. The van der Waals surface area contributed by atoms with Crippen LogP contribution in [-0.2, 0) is 11.2 Å². The fourth-order valence-electron chi connectivity index (χ4n) is 2.84. The Bertz CT molecular complexity index is 383. The second-order valence-electron chi connectivity index (χ2n) is 5.21. The molecule has 100 valence electrons. The van der Waals surface area contributed by atoms with Gasteiger partial charge in [0, 0.05) is 19.2 Å². The first-order valence-electron chi connectivity index (χ1n) is 6.72. The molecule has 0 aromatic heterocycles. The number of benzene rings is 1. The van der Waals surface area contributed by atoms with Crippen molar-refractivity contribution in [1.29, 1.82) is 0 Å². The molecule has 1 saturated carbocycles. The van der Waals surface area contributed by atoms with Gasteiger partial charge in [-0.2, -0.15) is 0 Å². The van der Waals surface area contributed by atoms with E-state index in [1.54, 1.807) is 19.2 Å². The number of nitrogens with one attached hydrogen (secondary N) is 1. The number of methoxy groups -OCH3 is 1. The highest BCUT2D eigenvalue weighted by Gasteiger charge is 2.27. The summed E-state index contributed by atoms with van der Waals surface area (Å²) in [4.78, 5) is 0. The zero-order valence-corrected chi connectivity index (χ0v) is 11.2. The summed E-state index contributed by atoms with van der Waals surface area (Å²) in [7, 11) is 1.78. The number of hydrogen-bond donors (Lipinski definition) is 1. The van der Waals surface area contributed by atoms with E-state index in [1.807, 2.05) is 6.07 Å². The number of hydrogen-bond acceptors (Lipinski definition) is 2. The maximum Gasteiger partial charge on any atom is 0.123 e. The molecule has 0 radical (unpaired) electrons. The summed E-state index contributed by atoms with van der Waals surface area (Å²) in [5.41, 5.74) is 1.04. The summed E-state index contributed by atoms with van der Waals surface area (Å²) < 4.78 is 18.6. The predicted molar refractivity (Wildman–Crippen MR) is 71.1 cm³/mol. The summed E-state index contributed by atoms with van der Waals surface area (Å²) in [5.74, 6) is -0.157. The van der Waals surface area contributed by atoms with Gasteiger partial charge in [0.25, 0.3) is 0 Å². The Morgan fingerprint density at radius 3 is 3.00 bits per heavy atom. The molecule has 3 atom stereocenters. The van der Waals surface area contributed by atoms with Crippen molar-refractivity contribution in [1.82, 2.24) is 5.32 Å². The van der Waals surface area contributed by atoms with Crippen molar-refractivity contribution in [3.63, 3.8) is 0 Å². The molecular formula is C15H22FNO. The normalized spacial score (nSPS) is 25.3. The molecular weight excluding hydrogens is 229 g/mol. The van der Waals surface area contributed by atoms with Gasteiger partial charge in [-0.05, 0) is 50.3 Å². The quantitative estimate of drug-likeness (QED) is 0.868. The highest BCUT2D eigenvalue weighted by Crippen LogP contribution is 2.22. The Kier molecular flexibility index (Phi) is 4.72. The predicted octanol–water partition coefficient (Wildman–Crippen LogP) is 2.91. The number of halogens is 1. The molecule has 1 aliphatic carbocycles. The van der Waals surface area contributed by atoms with Crippen LogP contribution in [0.4, 0.5) is 4.39 Å². The molecule has 18 heavy (non-hydrogen) atoms. The first-order valence-corrected chi connectivity index (χ1v) is 6.72. The lowest BCUT2D eigenvalue weighted by atomic mass is 10.1. The Labute approximate surface area is 109 Å². The van der Waals surface area contributed by atoms with Gasteiger partial charge in [-0.25, -0.2) is 4.39 Å². The van der Waals surface area contributed by atoms with Crippen LogP contribution in [0.5, 0.6) is 0 Å². The minimum absolute atomic E-state index is 0.157. The van der Waals surface area contributed by atoms with Crippen LogP contribution in [0.15, 0.2) is 24.3 Å². The van der Waals surface area contributed by atoms with Gasteiger partial charge >= 0.3 is 0 Å². The van der Waals surface area contributed by atoms with Crippen LogP contribution in [0.1, 0.15) is 31.7 Å². The van der Waals surface area contributed by atoms with Gasteiger partial charge < -0.3 is 10.1 Å². The summed E-state index contributed by atoms with van der Waals surface area (Å²) in [6.07, 6.45) is 4.72. The lowest BCUT2D eigenvalue weighted by Crippen LogP contribution is -2.42. The fraction of sp³-hybridized carbons (Fsp3) is 0.600. The van der Waals surface area contributed by atoms with Crippen LogP contribution < -0.4 is 5.32 Å². The van der Waals surface area contributed by atoms with Gasteiger partial charge in [-0.1, -0.05) is 12.1 Å². The Morgan fingerprint density at radius 1 is 1.44 bits per heavy atom. The molecule has 0 amide bonds. The summed E-state index contributed by atoms with van der Waals surface area (Å²) in [5, 5.41) is 3.60. The minimum atomic E-state index is -0.157. The van der Waals surface area contributed by atoms with Gasteiger partial charge in [0.05, 0.1) is 6.10 Å². The largest absolute Gasteiger partial charge is 0.380 e. The SMILES string of the molecule is COC1CCCC1NC(C)Cc1cccc(F)c1. The van der Waals surface area contributed by atoms with E-state index in [9.17, 15) is 4.39 Å². The third-order valence-corrected chi connectivity index (χ3v) is 3.68. The minimum Gasteiger partial charge on any atom is -0.380 e. The summed E-state index contributed by atoms with van der Waals surface area (Å²) in [6, 6.07) is 7.63. The molecule has 1 aromatic rings. The van der Waals surface area contributed by atoms with Crippen LogP contribution in [0.25, 0.3) is 0 Å². The average molecular weight is 251 g/mol. The van der Waals surface area contributed by atoms with E-state index in [4.69, 9.17) is 4.74 Å². The average Bonchev–Trinajstić information content (AvgIpc) is 2.76. The zero-order valence-electron chi connectivity index (χ0n) is 11.2. The van der Waals surface area contributed by atoms with Crippen LogP contribution in [0.3, 0.4) is 0 Å². The van der Waals surface area contributed by atoms with Gasteiger partial charge in [-0.15, -0.1) is 0 Å². The van der Waals surface area contributed by atoms with E-state index < -0.39 is 0 Å². The molecule has 3 heteroatoms. The van der Waals surface area contributed by atoms with Crippen LogP contribution in [-0.4, -0.2) is 25.3 Å². The fourth-order valence-corrected chi connectivity index (χ4v) is 2.84. The van der Waals surface area contributed by atoms with Crippen molar-refractivity contribution >= 4 is 0 Å². The molecule has 0 saturated heterocycles. The lowest BCUT2D eigenvalue weighted by molar-refractivity contribution is 0.0820. The molecule has 1 aromatic carbocycles. The molecule has 2 nitrogen and oxygen atoms in total. The van der Waals surface area contributed by atoms with Crippen LogP contribution in [0, 0.1) is 5.82 Å². The molecule has 0 heterocycles. The second-order valence-corrected chi connectivity index (χ2v) is 5.21. The van der Waals surface area contributed by atoms with Crippen molar-refractivity contribution < 1.29 is 9.13 Å². The van der Waals surface area contributed by atoms with Crippen molar-refractivity contribution in [3.05, 3.63) is 35.6 Å². The molecule has 1 fully saturated rings. The standard InChI is InChI=1S/C15H22FNO/c1-11(9-12-5-3-6-13(16)10-12)17-14-7-4-8-15(14)18-2/h3,5-6,10-11,14-15,17H,4,7-9H2,1-2H3. The van der Waals surface area contributed by atoms with Crippen LogP contribution >= 0.6 is 0 Å². The lowest BCUT2D eigenvalue weighted by Gasteiger charge is -2.24. The molecule has 1 aliphatic rings. The second kappa shape index (κ2) is 6.30. The Hall–Kier alpha value is -0.930. The topological polar surface area (TPSA) is 21.3 Å². The molecule has 0 spiro atoms. The molecule has 1 N–H and O–H groups in total. The number of rotatable bonds is 5. The molecule has 3 unspecified atom stereocenters. The highest BCUT2D eigenvalue weighted by atomic mass is 19.1. The Balaban J connectivity index is 1.86. The zero-order chi connectivity index (χ0) is 13.0. The first-order chi connectivity index (χ1) is 8.69. The van der Waals surface area contributed by atoms with E-state index in [0.29, 0.717) is 18.2 Å². The Morgan fingerprint density at radius 2 is 2.28 bits per heavy atom. The van der Waals surface area contributed by atoms with E-state index in [-0.39, 0.29) is 5.82 Å². The van der Waals surface area contributed by atoms with Gasteiger partial charge in [-0.3, -0.25) is 0 Å². The van der Waals surface area contributed by atoms with E-state index in [2.05, 4.69) is 12.2 Å². The monoisotopic (exact) mass is 251 g/mol. The van der Waals surface area contributed by atoms with Gasteiger partial charge in [0.2, 0.25) is 0 Å².